The molecule has 0 saturated carbocycles. The Morgan fingerprint density at radius 3 is 2.61 bits per heavy atom. The Kier molecular flexibility index (Phi) is 2.56. The number of aliphatic carboxylic acids is 1. The number of hydrogen-bond acceptors (Lipinski definition) is 2. The third kappa shape index (κ3) is 1.68. The van der Waals surface area contributed by atoms with Crippen molar-refractivity contribution in [1.29, 1.82) is 0 Å². The van der Waals surface area contributed by atoms with E-state index in [2.05, 4.69) is 24.3 Å². The van der Waals surface area contributed by atoms with E-state index in [1.165, 1.54) is 10.9 Å². The first kappa shape index (κ1) is 11.2. The average Bonchev–Trinajstić information content (AvgIpc) is 2.77. The molecule has 0 radical (unpaired) electrons. The van der Waals surface area contributed by atoms with Gasteiger partial charge in [-0.1, -0.05) is 36.4 Å². The molecule has 0 aliphatic heterocycles. The third-order valence-corrected chi connectivity index (χ3v) is 3.85. The molecule has 18 heavy (non-hydrogen) atoms. The summed E-state index contributed by atoms with van der Waals surface area (Å²) in [4.78, 5) is 11.0. The molecule has 0 amide bonds. The predicted octanol–water partition coefficient (Wildman–Crippen LogP) is 2.28. The van der Waals surface area contributed by atoms with E-state index in [0.717, 1.165) is 23.8 Å². The van der Waals surface area contributed by atoms with Gasteiger partial charge in [0.25, 0.3) is 0 Å². The van der Waals surface area contributed by atoms with Gasteiger partial charge < -0.3 is 10.8 Å². The first-order valence-electron chi connectivity index (χ1n) is 6.17. The Balaban J connectivity index is 2.10. The Hall–Kier alpha value is -1.87. The smallest absolute Gasteiger partial charge is 0.321 e. The van der Waals surface area contributed by atoms with E-state index in [1.807, 2.05) is 12.1 Å². The van der Waals surface area contributed by atoms with E-state index in [-0.39, 0.29) is 5.92 Å². The molecule has 3 N–H and O–H groups in total. The maximum atomic E-state index is 11.0. The first-order chi connectivity index (χ1) is 8.66. The molecule has 0 aromatic heterocycles. The van der Waals surface area contributed by atoms with Crippen LogP contribution >= 0.6 is 0 Å². The second-order valence-corrected chi connectivity index (χ2v) is 4.91. The fraction of sp³-hybridized carbons (Fsp3) is 0.267. The van der Waals surface area contributed by atoms with Crippen molar-refractivity contribution >= 4 is 16.7 Å². The van der Waals surface area contributed by atoms with Crippen molar-refractivity contribution in [2.24, 2.45) is 5.73 Å². The maximum absolute atomic E-state index is 11.0. The number of carboxylic acid groups (broad SMARTS) is 1. The van der Waals surface area contributed by atoms with Crippen LogP contribution in [0.2, 0.25) is 0 Å². The van der Waals surface area contributed by atoms with Crippen LogP contribution in [0.3, 0.4) is 0 Å². The van der Waals surface area contributed by atoms with Gasteiger partial charge in [-0.2, -0.15) is 0 Å². The summed E-state index contributed by atoms with van der Waals surface area (Å²) in [5.41, 5.74) is 8.14. The van der Waals surface area contributed by atoms with Crippen molar-refractivity contribution in [3.8, 4) is 0 Å². The highest BCUT2D eigenvalue weighted by atomic mass is 16.4. The Morgan fingerprint density at radius 2 is 1.94 bits per heavy atom. The van der Waals surface area contributed by atoms with Gasteiger partial charge in [0, 0.05) is 5.92 Å². The number of carboxylic acids is 1. The van der Waals surface area contributed by atoms with Gasteiger partial charge in [-0.25, -0.2) is 0 Å². The number of rotatable bonds is 2. The molecule has 1 aliphatic carbocycles. The molecule has 92 valence electrons. The standard InChI is InChI=1S/C15H15NO2/c16-14(15(17)18)12-6-5-11-7-9-3-1-2-4-10(9)8-13(11)12/h1-4,7-8,12,14H,5-6,16H2,(H,17,18)/t12-,14+/m1/s1. The second-order valence-electron chi connectivity index (χ2n) is 4.91. The zero-order valence-electron chi connectivity index (χ0n) is 9.97. The Morgan fingerprint density at radius 1 is 1.28 bits per heavy atom. The first-order valence-corrected chi connectivity index (χ1v) is 6.17. The van der Waals surface area contributed by atoms with Crippen molar-refractivity contribution in [3.05, 3.63) is 47.5 Å². The van der Waals surface area contributed by atoms with Crippen molar-refractivity contribution in [2.75, 3.05) is 0 Å². The Labute approximate surface area is 105 Å². The van der Waals surface area contributed by atoms with E-state index in [1.54, 1.807) is 0 Å². The van der Waals surface area contributed by atoms with Gasteiger partial charge in [0.2, 0.25) is 0 Å². The zero-order chi connectivity index (χ0) is 12.7. The molecule has 2 aromatic rings. The number of fused-ring (bicyclic) bond motifs is 2. The molecule has 1 aliphatic rings. The van der Waals surface area contributed by atoms with Crippen LogP contribution in [0.25, 0.3) is 10.8 Å². The minimum atomic E-state index is -0.916. The topological polar surface area (TPSA) is 63.3 Å². The third-order valence-electron chi connectivity index (χ3n) is 3.85. The Bertz CT molecular complexity index is 621. The molecule has 0 fully saturated rings. The zero-order valence-corrected chi connectivity index (χ0v) is 9.97. The SMILES string of the molecule is N[C@H](C(=O)O)[C@@H]1CCc2cc3ccccc3cc21. The van der Waals surface area contributed by atoms with E-state index >= 15 is 0 Å². The van der Waals surface area contributed by atoms with E-state index in [4.69, 9.17) is 10.8 Å². The van der Waals surface area contributed by atoms with Crippen molar-refractivity contribution in [3.63, 3.8) is 0 Å². The van der Waals surface area contributed by atoms with Crippen LogP contribution in [0.15, 0.2) is 36.4 Å². The van der Waals surface area contributed by atoms with Crippen molar-refractivity contribution in [2.45, 2.75) is 24.8 Å². The summed E-state index contributed by atoms with van der Waals surface area (Å²) in [7, 11) is 0. The summed E-state index contributed by atoms with van der Waals surface area (Å²) >= 11 is 0. The normalized spacial score (nSPS) is 19.7. The lowest BCUT2D eigenvalue weighted by atomic mass is 9.92. The van der Waals surface area contributed by atoms with Gasteiger partial charge in [0.1, 0.15) is 6.04 Å². The highest BCUT2D eigenvalue weighted by Gasteiger charge is 2.31. The average molecular weight is 241 g/mol. The minimum absolute atomic E-state index is 0.0536. The molecule has 0 saturated heterocycles. The number of nitrogens with two attached hydrogens (primary N) is 1. The monoisotopic (exact) mass is 241 g/mol. The quantitative estimate of drug-likeness (QED) is 0.847. The number of carbonyl (C=O) groups is 1. The maximum Gasteiger partial charge on any atom is 0.321 e. The van der Waals surface area contributed by atoms with Crippen LogP contribution in [0.4, 0.5) is 0 Å². The molecule has 3 rings (SSSR count). The summed E-state index contributed by atoms with van der Waals surface area (Å²) in [6, 6.07) is 11.6. The lowest BCUT2D eigenvalue weighted by Gasteiger charge is -2.16. The number of hydrogen-bond donors (Lipinski definition) is 2. The highest BCUT2D eigenvalue weighted by molar-refractivity contribution is 5.85. The molecule has 0 spiro atoms. The molecular weight excluding hydrogens is 226 g/mol. The van der Waals surface area contributed by atoms with E-state index < -0.39 is 12.0 Å². The van der Waals surface area contributed by atoms with Crippen molar-refractivity contribution < 1.29 is 9.90 Å². The number of aryl methyl sites for hydroxylation is 1. The van der Waals surface area contributed by atoms with Gasteiger partial charge in [-0.3, -0.25) is 4.79 Å². The van der Waals surface area contributed by atoms with Crippen molar-refractivity contribution in [1.82, 2.24) is 0 Å². The molecule has 2 aromatic carbocycles. The molecule has 0 heterocycles. The molecule has 0 unspecified atom stereocenters. The molecule has 2 atom stereocenters. The van der Waals surface area contributed by atoms with Crippen LogP contribution in [0, 0.1) is 0 Å². The second kappa shape index (κ2) is 4.10. The molecule has 3 heteroatoms. The van der Waals surface area contributed by atoms with Crippen LogP contribution < -0.4 is 5.73 Å². The number of benzene rings is 2. The molecule has 0 bridgehead atoms. The van der Waals surface area contributed by atoms with Gasteiger partial charge in [-0.15, -0.1) is 0 Å². The summed E-state index contributed by atoms with van der Waals surface area (Å²) in [6.45, 7) is 0. The fourth-order valence-electron chi connectivity index (χ4n) is 2.88. The fourth-order valence-corrected chi connectivity index (χ4v) is 2.88. The highest BCUT2D eigenvalue weighted by Crippen LogP contribution is 2.37. The lowest BCUT2D eigenvalue weighted by Crippen LogP contribution is -2.35. The van der Waals surface area contributed by atoms with Crippen LogP contribution in [-0.2, 0) is 11.2 Å². The summed E-state index contributed by atoms with van der Waals surface area (Å²) in [6.07, 6.45) is 1.75. The van der Waals surface area contributed by atoms with Crippen LogP contribution in [0.5, 0.6) is 0 Å². The van der Waals surface area contributed by atoms with Gasteiger partial charge in [0.05, 0.1) is 0 Å². The van der Waals surface area contributed by atoms with Gasteiger partial charge >= 0.3 is 5.97 Å². The van der Waals surface area contributed by atoms with E-state index in [0.29, 0.717) is 0 Å². The van der Waals surface area contributed by atoms with E-state index in [9.17, 15) is 4.79 Å². The van der Waals surface area contributed by atoms with Gasteiger partial charge in [0.15, 0.2) is 0 Å². The largest absolute Gasteiger partial charge is 0.480 e. The van der Waals surface area contributed by atoms with Crippen LogP contribution in [-0.4, -0.2) is 17.1 Å². The van der Waals surface area contributed by atoms with Gasteiger partial charge in [-0.05, 0) is 34.7 Å². The molecular formula is C15H15NO2. The lowest BCUT2D eigenvalue weighted by molar-refractivity contribution is -0.139. The molecule has 3 nitrogen and oxygen atoms in total. The van der Waals surface area contributed by atoms with Crippen LogP contribution in [0.1, 0.15) is 23.5 Å². The summed E-state index contributed by atoms with van der Waals surface area (Å²) in [5, 5.41) is 11.4. The predicted molar refractivity (Wildman–Crippen MR) is 70.6 cm³/mol. The summed E-state index contributed by atoms with van der Waals surface area (Å²) in [5.74, 6) is -0.969. The minimum Gasteiger partial charge on any atom is -0.480 e. The summed E-state index contributed by atoms with van der Waals surface area (Å²) < 4.78 is 0.